The number of amides is 1. The van der Waals surface area contributed by atoms with E-state index in [4.69, 9.17) is 20.8 Å². The molecule has 1 aliphatic heterocycles. The smallest absolute Gasteiger partial charge is 0.340 e. The predicted molar refractivity (Wildman–Crippen MR) is 135 cm³/mol. The number of methoxy groups -OCH3 is 1. The van der Waals surface area contributed by atoms with Gasteiger partial charge in [0.25, 0.3) is 0 Å². The minimum Gasteiger partial charge on any atom is -0.497 e. The number of rotatable bonds is 4. The average molecular weight is 496 g/mol. The van der Waals surface area contributed by atoms with Crippen molar-refractivity contribution in [1.29, 1.82) is 0 Å². The number of halogens is 1. The summed E-state index contributed by atoms with van der Waals surface area (Å²) in [6, 6.07) is 12.6. The summed E-state index contributed by atoms with van der Waals surface area (Å²) < 4.78 is 10.8. The number of carbonyl (C=O) groups is 1. The second-order valence-electron chi connectivity index (χ2n) is 9.82. The molecule has 3 atom stereocenters. The van der Waals surface area contributed by atoms with Gasteiger partial charge in [0.2, 0.25) is 5.91 Å². The van der Waals surface area contributed by atoms with Gasteiger partial charge in [0.1, 0.15) is 11.3 Å². The summed E-state index contributed by atoms with van der Waals surface area (Å²) in [5.74, 6) is 0.403. The number of ether oxygens (including phenoxy) is 1. The van der Waals surface area contributed by atoms with Crippen molar-refractivity contribution in [1.82, 2.24) is 4.90 Å². The molecule has 1 saturated heterocycles. The van der Waals surface area contributed by atoms with E-state index in [1.54, 1.807) is 13.2 Å². The fraction of sp³-hybridized carbons (Fsp3) is 0.429. The van der Waals surface area contributed by atoms with Crippen molar-refractivity contribution in [2.45, 2.75) is 57.1 Å². The number of fused-ring (bicyclic) bond motifs is 2. The summed E-state index contributed by atoms with van der Waals surface area (Å²) in [6.45, 7) is 2.29. The van der Waals surface area contributed by atoms with E-state index in [0.29, 0.717) is 34.9 Å². The van der Waals surface area contributed by atoms with Crippen molar-refractivity contribution in [3.63, 3.8) is 0 Å². The Hall–Kier alpha value is -2.83. The third kappa shape index (κ3) is 4.34. The molecule has 184 valence electrons. The summed E-state index contributed by atoms with van der Waals surface area (Å²) in [7, 11) is 1.56. The van der Waals surface area contributed by atoms with Gasteiger partial charge in [-0.25, -0.2) is 4.79 Å². The number of carbonyl (C=O) groups excluding carboxylic acids is 1. The van der Waals surface area contributed by atoms with Crippen molar-refractivity contribution in [3.8, 4) is 5.75 Å². The van der Waals surface area contributed by atoms with Crippen molar-refractivity contribution < 1.29 is 19.1 Å². The van der Waals surface area contributed by atoms with Crippen LogP contribution < -0.4 is 10.4 Å². The van der Waals surface area contributed by atoms with Gasteiger partial charge in [-0.05, 0) is 61.6 Å². The van der Waals surface area contributed by atoms with Gasteiger partial charge in [0.05, 0.1) is 30.7 Å². The molecule has 2 fully saturated rings. The molecule has 35 heavy (non-hydrogen) atoms. The number of nitrogens with zero attached hydrogens (tertiary/aromatic N) is 1. The Labute approximate surface area is 209 Å². The van der Waals surface area contributed by atoms with Gasteiger partial charge in [-0.2, -0.15) is 0 Å². The number of aliphatic hydroxyl groups is 1. The zero-order chi connectivity index (χ0) is 24.7. The SMILES string of the molecule is COc1ccc2c(C)c(CC(=O)N3CC[C@@]4(O)CCCC[C@@H]4[C@@H]3c3ccc(Cl)cc3)c(=O)oc2c1. The van der Waals surface area contributed by atoms with Gasteiger partial charge in [0.15, 0.2) is 0 Å². The van der Waals surface area contributed by atoms with E-state index in [1.807, 2.05) is 48.2 Å². The highest BCUT2D eigenvalue weighted by Gasteiger charge is 2.50. The monoisotopic (exact) mass is 495 g/mol. The van der Waals surface area contributed by atoms with E-state index in [2.05, 4.69) is 0 Å². The zero-order valence-corrected chi connectivity index (χ0v) is 20.8. The maximum Gasteiger partial charge on any atom is 0.340 e. The summed E-state index contributed by atoms with van der Waals surface area (Å²) in [4.78, 5) is 28.5. The first-order valence-electron chi connectivity index (χ1n) is 12.2. The average Bonchev–Trinajstić information content (AvgIpc) is 2.85. The fourth-order valence-electron chi connectivity index (χ4n) is 5.99. The molecular formula is C28H30ClNO5. The Morgan fingerprint density at radius 2 is 1.97 bits per heavy atom. The molecule has 2 aliphatic rings. The summed E-state index contributed by atoms with van der Waals surface area (Å²) in [5.41, 5.74) is 1.21. The van der Waals surface area contributed by atoms with E-state index in [-0.39, 0.29) is 24.3 Å². The Bertz CT molecular complexity index is 1320. The van der Waals surface area contributed by atoms with Crippen LogP contribution in [0.25, 0.3) is 11.0 Å². The fourth-order valence-corrected chi connectivity index (χ4v) is 6.12. The number of hydrogen-bond donors (Lipinski definition) is 1. The molecule has 6 nitrogen and oxygen atoms in total. The maximum atomic E-state index is 13.8. The van der Waals surface area contributed by atoms with Crippen LogP contribution in [-0.2, 0) is 11.2 Å². The first kappa shape index (κ1) is 23.9. The van der Waals surface area contributed by atoms with E-state index >= 15 is 0 Å². The van der Waals surface area contributed by atoms with Crippen LogP contribution in [-0.4, -0.2) is 35.2 Å². The summed E-state index contributed by atoms with van der Waals surface area (Å²) >= 11 is 6.14. The van der Waals surface area contributed by atoms with Gasteiger partial charge >= 0.3 is 5.63 Å². The van der Waals surface area contributed by atoms with E-state index < -0.39 is 11.2 Å². The molecule has 0 unspecified atom stereocenters. The molecule has 1 saturated carbocycles. The number of piperidine rings is 1. The van der Waals surface area contributed by atoms with Crippen LogP contribution in [0, 0.1) is 12.8 Å². The first-order valence-corrected chi connectivity index (χ1v) is 12.6. The van der Waals surface area contributed by atoms with Crippen LogP contribution in [0.15, 0.2) is 51.7 Å². The number of benzene rings is 2. The zero-order valence-electron chi connectivity index (χ0n) is 20.1. The van der Waals surface area contributed by atoms with Crippen molar-refractivity contribution in [3.05, 3.63) is 74.6 Å². The van der Waals surface area contributed by atoms with Crippen LogP contribution in [0.2, 0.25) is 5.02 Å². The van der Waals surface area contributed by atoms with E-state index in [1.165, 1.54) is 0 Å². The molecule has 0 bridgehead atoms. The largest absolute Gasteiger partial charge is 0.497 e. The Morgan fingerprint density at radius 1 is 1.20 bits per heavy atom. The lowest BCUT2D eigenvalue weighted by atomic mass is 9.66. The lowest BCUT2D eigenvalue weighted by molar-refractivity contribution is -0.154. The predicted octanol–water partition coefficient (Wildman–Crippen LogP) is 5.20. The van der Waals surface area contributed by atoms with Crippen LogP contribution >= 0.6 is 11.6 Å². The van der Waals surface area contributed by atoms with E-state index in [0.717, 1.165) is 42.2 Å². The van der Waals surface area contributed by atoms with Crippen molar-refractivity contribution >= 4 is 28.5 Å². The first-order chi connectivity index (χ1) is 16.8. The molecule has 0 radical (unpaired) electrons. The molecule has 1 N–H and O–H groups in total. The molecule has 5 rings (SSSR count). The molecular weight excluding hydrogens is 466 g/mol. The highest BCUT2D eigenvalue weighted by atomic mass is 35.5. The molecule has 1 amide bonds. The molecule has 0 spiro atoms. The van der Waals surface area contributed by atoms with Gasteiger partial charge < -0.3 is 19.2 Å². The second kappa shape index (κ2) is 9.32. The molecule has 1 aliphatic carbocycles. The quantitative estimate of drug-likeness (QED) is 0.503. The highest BCUT2D eigenvalue weighted by molar-refractivity contribution is 6.30. The van der Waals surface area contributed by atoms with Crippen LogP contribution in [0.5, 0.6) is 5.75 Å². The highest BCUT2D eigenvalue weighted by Crippen LogP contribution is 2.49. The van der Waals surface area contributed by atoms with Crippen LogP contribution in [0.4, 0.5) is 0 Å². The van der Waals surface area contributed by atoms with Crippen LogP contribution in [0.1, 0.15) is 54.8 Å². The van der Waals surface area contributed by atoms with Gasteiger partial charge in [-0.3, -0.25) is 4.79 Å². The van der Waals surface area contributed by atoms with Gasteiger partial charge in [-0.15, -0.1) is 0 Å². The van der Waals surface area contributed by atoms with Gasteiger partial charge in [0, 0.05) is 28.9 Å². The third-order valence-electron chi connectivity index (χ3n) is 7.92. The molecule has 3 aromatic rings. The normalized spacial score (nSPS) is 24.3. The Balaban J connectivity index is 1.50. The number of likely N-dealkylation sites (tertiary alicyclic amines) is 1. The Morgan fingerprint density at radius 3 is 2.71 bits per heavy atom. The lowest BCUT2D eigenvalue weighted by Crippen LogP contribution is -2.56. The molecule has 7 heteroatoms. The molecule has 2 heterocycles. The topological polar surface area (TPSA) is 80.0 Å². The maximum absolute atomic E-state index is 13.8. The van der Waals surface area contributed by atoms with Crippen molar-refractivity contribution in [2.75, 3.05) is 13.7 Å². The van der Waals surface area contributed by atoms with Crippen molar-refractivity contribution in [2.24, 2.45) is 5.92 Å². The van der Waals surface area contributed by atoms with Crippen LogP contribution in [0.3, 0.4) is 0 Å². The minimum atomic E-state index is -0.781. The second-order valence-corrected chi connectivity index (χ2v) is 10.3. The van der Waals surface area contributed by atoms with E-state index in [9.17, 15) is 14.7 Å². The molecule has 2 aromatic carbocycles. The third-order valence-corrected chi connectivity index (χ3v) is 8.17. The Kier molecular flexibility index (Phi) is 6.36. The lowest BCUT2D eigenvalue weighted by Gasteiger charge is -2.52. The summed E-state index contributed by atoms with van der Waals surface area (Å²) in [6.07, 6.45) is 4.11. The minimum absolute atomic E-state index is 0.0502. The van der Waals surface area contributed by atoms with Gasteiger partial charge in [-0.1, -0.05) is 36.6 Å². The number of hydrogen-bond acceptors (Lipinski definition) is 5. The standard InChI is InChI=1S/C28H30ClNO5/c1-17-21-11-10-20(34-2)15-24(21)35-27(32)22(17)16-25(31)30-14-13-28(33)12-4-3-5-23(28)26(30)18-6-8-19(29)9-7-18/h6-11,15,23,26,33H,3-5,12-14,16H2,1-2H3/t23-,26+,28+/m1/s1. The summed E-state index contributed by atoms with van der Waals surface area (Å²) in [5, 5.41) is 12.9. The molecule has 1 aromatic heterocycles. The number of aryl methyl sites for hydroxylation is 1.